The first-order valence-electron chi connectivity index (χ1n) is 8.65. The number of nitrogens with one attached hydrogen (secondary N) is 2. The summed E-state index contributed by atoms with van der Waals surface area (Å²) in [6.07, 6.45) is 5.12. The van der Waals surface area contributed by atoms with Crippen LogP contribution < -0.4 is 10.6 Å². The Morgan fingerprint density at radius 2 is 1.92 bits per heavy atom. The smallest absolute Gasteiger partial charge is 0.191 e. The molecule has 6 heteroatoms. The number of halogens is 2. The van der Waals surface area contributed by atoms with Crippen LogP contribution in [0.2, 0.25) is 0 Å². The highest BCUT2D eigenvalue weighted by molar-refractivity contribution is 14.0. The van der Waals surface area contributed by atoms with Crippen molar-refractivity contribution in [2.24, 2.45) is 4.99 Å². The van der Waals surface area contributed by atoms with Crippen LogP contribution in [0.5, 0.6) is 0 Å². The van der Waals surface area contributed by atoms with Crippen LogP contribution in [0.1, 0.15) is 38.2 Å². The number of hydrogen-bond acceptors (Lipinski definition) is 2. The van der Waals surface area contributed by atoms with E-state index in [1.807, 2.05) is 12.1 Å². The molecule has 0 unspecified atom stereocenters. The molecule has 1 fully saturated rings. The quantitative estimate of drug-likeness (QED) is 0.382. The van der Waals surface area contributed by atoms with Gasteiger partial charge in [0.05, 0.1) is 6.54 Å². The minimum absolute atomic E-state index is 0. The van der Waals surface area contributed by atoms with E-state index < -0.39 is 0 Å². The summed E-state index contributed by atoms with van der Waals surface area (Å²) in [7, 11) is 2.07. The van der Waals surface area contributed by atoms with Crippen LogP contribution in [0.4, 0.5) is 4.39 Å². The largest absolute Gasteiger partial charge is 0.357 e. The van der Waals surface area contributed by atoms with Gasteiger partial charge in [-0.05, 0) is 44.5 Å². The lowest BCUT2D eigenvalue weighted by Crippen LogP contribution is -2.42. The molecule has 1 aromatic rings. The highest BCUT2D eigenvalue weighted by Crippen LogP contribution is 2.17. The van der Waals surface area contributed by atoms with Gasteiger partial charge in [0.2, 0.25) is 0 Å². The van der Waals surface area contributed by atoms with Gasteiger partial charge in [0.25, 0.3) is 0 Å². The first kappa shape index (κ1) is 21.2. The summed E-state index contributed by atoms with van der Waals surface area (Å²) in [6, 6.07) is 7.26. The maximum absolute atomic E-state index is 12.9. The van der Waals surface area contributed by atoms with Gasteiger partial charge in [0, 0.05) is 25.7 Å². The van der Waals surface area contributed by atoms with E-state index in [4.69, 9.17) is 0 Å². The van der Waals surface area contributed by atoms with Crippen molar-refractivity contribution in [2.45, 2.75) is 45.2 Å². The highest BCUT2D eigenvalue weighted by atomic mass is 127. The lowest BCUT2D eigenvalue weighted by atomic mass is 10.2. The Morgan fingerprint density at radius 1 is 1.25 bits per heavy atom. The van der Waals surface area contributed by atoms with E-state index in [1.165, 1.54) is 37.8 Å². The number of rotatable bonds is 7. The Morgan fingerprint density at radius 3 is 2.54 bits per heavy atom. The zero-order valence-corrected chi connectivity index (χ0v) is 17.1. The van der Waals surface area contributed by atoms with Gasteiger partial charge in [0.1, 0.15) is 5.82 Å². The van der Waals surface area contributed by atoms with Gasteiger partial charge in [-0.2, -0.15) is 0 Å². The van der Waals surface area contributed by atoms with Crippen molar-refractivity contribution in [3.63, 3.8) is 0 Å². The molecule has 0 aromatic heterocycles. The van der Waals surface area contributed by atoms with Crippen molar-refractivity contribution in [3.05, 3.63) is 35.6 Å². The number of hydrogen-bond donors (Lipinski definition) is 2. The molecule has 0 saturated heterocycles. The van der Waals surface area contributed by atoms with E-state index in [2.05, 4.69) is 34.5 Å². The SMILES string of the molecule is CCNC(=NCCN(C)Cc1ccc(F)cc1)NC1CCCC1.I. The van der Waals surface area contributed by atoms with E-state index in [0.717, 1.165) is 37.7 Å². The predicted octanol–water partition coefficient (Wildman–Crippen LogP) is 3.37. The van der Waals surface area contributed by atoms with Gasteiger partial charge in [-0.1, -0.05) is 25.0 Å². The minimum atomic E-state index is -0.186. The zero-order valence-electron chi connectivity index (χ0n) is 14.7. The van der Waals surface area contributed by atoms with Gasteiger partial charge in [-0.3, -0.25) is 4.99 Å². The fourth-order valence-electron chi connectivity index (χ4n) is 2.90. The van der Waals surface area contributed by atoms with Crippen molar-refractivity contribution in [1.82, 2.24) is 15.5 Å². The molecule has 0 atom stereocenters. The van der Waals surface area contributed by atoms with Gasteiger partial charge in [-0.15, -0.1) is 24.0 Å². The van der Waals surface area contributed by atoms with E-state index in [0.29, 0.717) is 6.04 Å². The first-order chi connectivity index (χ1) is 11.2. The first-order valence-corrected chi connectivity index (χ1v) is 8.65. The average Bonchev–Trinajstić information content (AvgIpc) is 3.03. The molecule has 24 heavy (non-hydrogen) atoms. The molecule has 0 heterocycles. The summed E-state index contributed by atoms with van der Waals surface area (Å²) in [6.45, 7) is 5.40. The van der Waals surface area contributed by atoms with E-state index in [9.17, 15) is 4.39 Å². The van der Waals surface area contributed by atoms with Crippen molar-refractivity contribution in [3.8, 4) is 0 Å². The number of benzene rings is 1. The monoisotopic (exact) mass is 448 g/mol. The van der Waals surface area contributed by atoms with E-state index in [1.54, 1.807) is 0 Å². The number of aliphatic imine (C=N–C) groups is 1. The molecule has 2 rings (SSSR count). The molecule has 1 aromatic carbocycles. The summed E-state index contributed by atoms with van der Waals surface area (Å²) in [5.41, 5.74) is 1.12. The van der Waals surface area contributed by atoms with Crippen LogP contribution in [-0.2, 0) is 6.54 Å². The molecular formula is C18H30FIN4. The lowest BCUT2D eigenvalue weighted by molar-refractivity contribution is 0.336. The van der Waals surface area contributed by atoms with Gasteiger partial charge < -0.3 is 15.5 Å². The molecule has 0 aliphatic heterocycles. The summed E-state index contributed by atoms with van der Waals surface area (Å²) in [5.74, 6) is 0.740. The summed E-state index contributed by atoms with van der Waals surface area (Å²) >= 11 is 0. The fourth-order valence-corrected chi connectivity index (χ4v) is 2.90. The Bertz CT molecular complexity index is 486. The summed E-state index contributed by atoms with van der Waals surface area (Å²) < 4.78 is 12.9. The highest BCUT2D eigenvalue weighted by Gasteiger charge is 2.15. The summed E-state index contributed by atoms with van der Waals surface area (Å²) in [5, 5.41) is 6.84. The van der Waals surface area contributed by atoms with Crippen LogP contribution in [0.25, 0.3) is 0 Å². The van der Waals surface area contributed by atoms with E-state index >= 15 is 0 Å². The molecule has 2 N–H and O–H groups in total. The molecule has 0 radical (unpaired) electrons. The Kier molecular flexibility index (Phi) is 10.2. The number of guanidine groups is 1. The third-order valence-corrected chi connectivity index (χ3v) is 4.16. The normalized spacial score (nSPS) is 15.4. The van der Waals surface area contributed by atoms with Crippen molar-refractivity contribution < 1.29 is 4.39 Å². The van der Waals surface area contributed by atoms with Crippen molar-refractivity contribution in [2.75, 3.05) is 26.7 Å². The van der Waals surface area contributed by atoms with E-state index in [-0.39, 0.29) is 29.8 Å². The van der Waals surface area contributed by atoms with Crippen LogP contribution in [-0.4, -0.2) is 43.6 Å². The molecule has 1 saturated carbocycles. The second-order valence-corrected chi connectivity index (χ2v) is 6.25. The minimum Gasteiger partial charge on any atom is -0.357 e. The molecule has 1 aliphatic rings. The molecule has 0 amide bonds. The second-order valence-electron chi connectivity index (χ2n) is 6.25. The van der Waals surface area contributed by atoms with Gasteiger partial charge in [0.15, 0.2) is 5.96 Å². The standard InChI is InChI=1S/C18H29FN4.HI/c1-3-20-18(22-17-6-4-5-7-17)21-12-13-23(2)14-15-8-10-16(19)11-9-15;/h8-11,17H,3-7,12-14H2,1-2H3,(H2,20,21,22);1H. The van der Waals surface area contributed by atoms with Crippen LogP contribution in [0, 0.1) is 5.82 Å². The van der Waals surface area contributed by atoms with Crippen molar-refractivity contribution in [1.29, 1.82) is 0 Å². The summed E-state index contributed by atoms with van der Waals surface area (Å²) in [4.78, 5) is 6.87. The molecular weight excluding hydrogens is 418 g/mol. The topological polar surface area (TPSA) is 39.7 Å². The van der Waals surface area contributed by atoms with Crippen LogP contribution in [0.15, 0.2) is 29.3 Å². The second kappa shape index (κ2) is 11.6. The zero-order chi connectivity index (χ0) is 16.5. The lowest BCUT2D eigenvalue weighted by Gasteiger charge is -2.18. The number of likely N-dealkylation sites (N-methyl/N-ethyl adjacent to an activating group) is 1. The number of nitrogens with zero attached hydrogens (tertiary/aromatic N) is 2. The predicted molar refractivity (Wildman–Crippen MR) is 110 cm³/mol. The molecule has 136 valence electrons. The molecule has 4 nitrogen and oxygen atoms in total. The molecule has 0 bridgehead atoms. The Labute approximate surface area is 162 Å². The maximum atomic E-state index is 12.9. The average molecular weight is 448 g/mol. The maximum Gasteiger partial charge on any atom is 0.191 e. The third kappa shape index (κ3) is 7.79. The Balaban J connectivity index is 0.00000288. The van der Waals surface area contributed by atoms with Crippen molar-refractivity contribution >= 4 is 29.9 Å². The third-order valence-electron chi connectivity index (χ3n) is 4.16. The Hall–Kier alpha value is -0.890. The van der Waals surface area contributed by atoms with Gasteiger partial charge >= 0.3 is 0 Å². The van der Waals surface area contributed by atoms with Crippen LogP contribution >= 0.6 is 24.0 Å². The molecule has 1 aliphatic carbocycles. The van der Waals surface area contributed by atoms with Gasteiger partial charge in [-0.25, -0.2) is 4.39 Å². The molecule has 0 spiro atoms. The van der Waals surface area contributed by atoms with Crippen LogP contribution in [0.3, 0.4) is 0 Å². The fraction of sp³-hybridized carbons (Fsp3) is 0.611.